The lowest BCUT2D eigenvalue weighted by Crippen LogP contribution is -2.44. The zero-order valence-electron chi connectivity index (χ0n) is 16.0. The third-order valence-corrected chi connectivity index (χ3v) is 5.26. The molecule has 7 heteroatoms. The SMILES string of the molecule is CC(O)c1nc2cc(C(=O)O)ccc2n1-c1cccc(N2CCN(C)CC2)c1. The lowest BCUT2D eigenvalue weighted by atomic mass is 10.2. The smallest absolute Gasteiger partial charge is 0.335 e. The van der Waals surface area contributed by atoms with Crippen molar-refractivity contribution in [2.75, 3.05) is 38.1 Å². The van der Waals surface area contributed by atoms with Gasteiger partial charge in [-0.05, 0) is 50.4 Å². The Morgan fingerprint density at radius 1 is 1.07 bits per heavy atom. The minimum absolute atomic E-state index is 0.181. The fraction of sp³-hybridized carbons (Fsp3) is 0.333. The fourth-order valence-corrected chi connectivity index (χ4v) is 3.68. The zero-order chi connectivity index (χ0) is 19.8. The summed E-state index contributed by atoms with van der Waals surface area (Å²) in [5.41, 5.74) is 3.54. The Kier molecular flexibility index (Phi) is 4.78. The topological polar surface area (TPSA) is 81.8 Å². The predicted molar refractivity (Wildman–Crippen MR) is 108 cm³/mol. The van der Waals surface area contributed by atoms with Crippen LogP contribution in [-0.4, -0.2) is 63.9 Å². The summed E-state index contributed by atoms with van der Waals surface area (Å²) in [5.74, 6) is -0.500. The number of aromatic carboxylic acids is 1. The molecule has 0 aliphatic carbocycles. The van der Waals surface area contributed by atoms with Crippen molar-refractivity contribution in [3.8, 4) is 5.69 Å². The minimum Gasteiger partial charge on any atom is -0.478 e. The molecule has 0 radical (unpaired) electrons. The largest absolute Gasteiger partial charge is 0.478 e. The van der Waals surface area contributed by atoms with E-state index >= 15 is 0 Å². The van der Waals surface area contributed by atoms with Gasteiger partial charge in [-0.2, -0.15) is 0 Å². The van der Waals surface area contributed by atoms with Gasteiger partial charge in [0.25, 0.3) is 0 Å². The number of nitrogens with zero attached hydrogens (tertiary/aromatic N) is 4. The van der Waals surface area contributed by atoms with Crippen molar-refractivity contribution >= 4 is 22.7 Å². The predicted octanol–water partition coefficient (Wildman–Crippen LogP) is 2.53. The van der Waals surface area contributed by atoms with Crippen molar-refractivity contribution in [1.82, 2.24) is 14.5 Å². The van der Waals surface area contributed by atoms with E-state index in [1.54, 1.807) is 25.1 Å². The average molecular weight is 380 g/mol. The fourth-order valence-electron chi connectivity index (χ4n) is 3.68. The zero-order valence-corrected chi connectivity index (χ0v) is 16.0. The molecule has 2 heterocycles. The average Bonchev–Trinajstić information content (AvgIpc) is 3.07. The van der Waals surface area contributed by atoms with E-state index < -0.39 is 12.1 Å². The van der Waals surface area contributed by atoms with Crippen LogP contribution in [0, 0.1) is 0 Å². The molecule has 1 aliphatic rings. The van der Waals surface area contributed by atoms with Gasteiger partial charge < -0.3 is 20.0 Å². The van der Waals surface area contributed by atoms with Crippen LogP contribution in [0.2, 0.25) is 0 Å². The summed E-state index contributed by atoms with van der Waals surface area (Å²) in [5, 5.41) is 19.5. The molecule has 3 aromatic rings. The quantitative estimate of drug-likeness (QED) is 0.724. The molecule has 2 N–H and O–H groups in total. The number of aliphatic hydroxyl groups excluding tert-OH is 1. The molecule has 1 aromatic heterocycles. The number of rotatable bonds is 4. The van der Waals surface area contributed by atoms with Crippen molar-refractivity contribution < 1.29 is 15.0 Å². The molecule has 0 amide bonds. The first-order valence-electron chi connectivity index (χ1n) is 9.42. The molecule has 0 bridgehead atoms. The molecular weight excluding hydrogens is 356 g/mol. The van der Waals surface area contributed by atoms with Gasteiger partial charge in [0.1, 0.15) is 11.9 Å². The second-order valence-electron chi connectivity index (χ2n) is 7.30. The first-order chi connectivity index (χ1) is 13.4. The van der Waals surface area contributed by atoms with E-state index in [1.807, 2.05) is 16.7 Å². The highest BCUT2D eigenvalue weighted by Gasteiger charge is 2.19. The van der Waals surface area contributed by atoms with E-state index in [9.17, 15) is 15.0 Å². The third kappa shape index (κ3) is 3.34. The summed E-state index contributed by atoms with van der Waals surface area (Å²) in [6, 6.07) is 13.1. The van der Waals surface area contributed by atoms with Crippen LogP contribution in [0.4, 0.5) is 5.69 Å². The number of hydrogen-bond acceptors (Lipinski definition) is 5. The summed E-state index contributed by atoms with van der Waals surface area (Å²) < 4.78 is 1.91. The van der Waals surface area contributed by atoms with Gasteiger partial charge in [-0.3, -0.25) is 4.57 Å². The van der Waals surface area contributed by atoms with E-state index in [2.05, 4.69) is 34.0 Å². The molecule has 1 aliphatic heterocycles. The molecule has 146 valence electrons. The number of aromatic nitrogens is 2. The minimum atomic E-state index is -0.993. The van der Waals surface area contributed by atoms with Gasteiger partial charge in [-0.1, -0.05) is 6.07 Å². The van der Waals surface area contributed by atoms with Crippen LogP contribution in [0.1, 0.15) is 29.2 Å². The van der Waals surface area contributed by atoms with Crippen LogP contribution >= 0.6 is 0 Å². The summed E-state index contributed by atoms with van der Waals surface area (Å²) >= 11 is 0. The number of carbonyl (C=O) groups is 1. The van der Waals surface area contributed by atoms with Crippen molar-refractivity contribution in [2.45, 2.75) is 13.0 Å². The highest BCUT2D eigenvalue weighted by Crippen LogP contribution is 2.28. The van der Waals surface area contributed by atoms with Crippen molar-refractivity contribution in [3.05, 3.63) is 53.9 Å². The van der Waals surface area contributed by atoms with Crippen molar-refractivity contribution in [2.24, 2.45) is 0 Å². The Morgan fingerprint density at radius 3 is 2.46 bits per heavy atom. The highest BCUT2D eigenvalue weighted by atomic mass is 16.4. The van der Waals surface area contributed by atoms with Crippen LogP contribution < -0.4 is 4.90 Å². The van der Waals surface area contributed by atoms with Crippen LogP contribution in [-0.2, 0) is 0 Å². The number of fused-ring (bicyclic) bond motifs is 1. The first-order valence-corrected chi connectivity index (χ1v) is 9.42. The van der Waals surface area contributed by atoms with Crippen LogP contribution in [0.25, 0.3) is 16.7 Å². The molecule has 1 atom stereocenters. The van der Waals surface area contributed by atoms with Gasteiger partial charge in [0, 0.05) is 37.6 Å². The van der Waals surface area contributed by atoms with Gasteiger partial charge >= 0.3 is 5.97 Å². The van der Waals surface area contributed by atoms with E-state index in [4.69, 9.17) is 0 Å². The van der Waals surface area contributed by atoms with Crippen LogP contribution in [0.5, 0.6) is 0 Å². The maximum Gasteiger partial charge on any atom is 0.335 e. The maximum absolute atomic E-state index is 11.3. The Labute approximate surface area is 163 Å². The second-order valence-corrected chi connectivity index (χ2v) is 7.30. The van der Waals surface area contributed by atoms with Gasteiger partial charge in [0.15, 0.2) is 0 Å². The van der Waals surface area contributed by atoms with E-state index in [-0.39, 0.29) is 5.56 Å². The van der Waals surface area contributed by atoms with Gasteiger partial charge in [0.2, 0.25) is 0 Å². The monoisotopic (exact) mass is 380 g/mol. The Hall–Kier alpha value is -2.90. The number of hydrogen-bond donors (Lipinski definition) is 2. The number of likely N-dealkylation sites (N-methyl/N-ethyl adjacent to an activating group) is 1. The van der Waals surface area contributed by atoms with Gasteiger partial charge in [0.05, 0.1) is 16.6 Å². The molecular formula is C21H24N4O3. The van der Waals surface area contributed by atoms with Crippen LogP contribution in [0.15, 0.2) is 42.5 Å². The number of piperazine rings is 1. The molecule has 0 saturated carbocycles. The Bertz CT molecular complexity index is 1020. The Morgan fingerprint density at radius 2 is 1.79 bits per heavy atom. The summed E-state index contributed by atoms with van der Waals surface area (Å²) in [6.07, 6.45) is -0.784. The number of aliphatic hydroxyl groups is 1. The molecule has 4 rings (SSSR count). The van der Waals surface area contributed by atoms with E-state index in [0.717, 1.165) is 43.1 Å². The normalized spacial score (nSPS) is 16.5. The molecule has 28 heavy (non-hydrogen) atoms. The first kappa shape index (κ1) is 18.5. The van der Waals surface area contributed by atoms with Gasteiger partial charge in [-0.15, -0.1) is 0 Å². The van der Waals surface area contributed by atoms with Crippen molar-refractivity contribution in [3.63, 3.8) is 0 Å². The standard InChI is InChI=1S/C21H24N4O3/c1-14(26)20-22-18-12-15(21(27)28)6-7-19(18)25(20)17-5-3-4-16(13-17)24-10-8-23(2)9-11-24/h3-7,12-14,26H,8-11H2,1-2H3,(H,27,28). The van der Waals surface area contributed by atoms with E-state index in [1.165, 1.54) is 0 Å². The number of carboxylic acids is 1. The van der Waals surface area contributed by atoms with Crippen molar-refractivity contribution in [1.29, 1.82) is 0 Å². The number of carboxylic acid groups (broad SMARTS) is 1. The van der Waals surface area contributed by atoms with Gasteiger partial charge in [-0.25, -0.2) is 9.78 Å². The summed E-state index contributed by atoms with van der Waals surface area (Å²) in [6.45, 7) is 5.65. The Balaban J connectivity index is 1.81. The number of anilines is 1. The van der Waals surface area contributed by atoms with Crippen LogP contribution in [0.3, 0.4) is 0 Å². The molecule has 0 spiro atoms. The number of imidazole rings is 1. The molecule has 1 saturated heterocycles. The summed E-state index contributed by atoms with van der Waals surface area (Å²) in [7, 11) is 2.13. The molecule has 1 unspecified atom stereocenters. The molecule has 7 nitrogen and oxygen atoms in total. The lowest BCUT2D eigenvalue weighted by molar-refractivity contribution is 0.0697. The maximum atomic E-state index is 11.3. The molecule has 2 aromatic carbocycles. The highest BCUT2D eigenvalue weighted by molar-refractivity contribution is 5.93. The lowest BCUT2D eigenvalue weighted by Gasteiger charge is -2.34. The molecule has 1 fully saturated rings. The number of benzene rings is 2. The second kappa shape index (κ2) is 7.26. The third-order valence-electron chi connectivity index (χ3n) is 5.26. The summed E-state index contributed by atoms with van der Waals surface area (Å²) in [4.78, 5) is 20.5. The van der Waals surface area contributed by atoms with E-state index in [0.29, 0.717) is 11.3 Å².